The van der Waals surface area contributed by atoms with Crippen molar-refractivity contribution in [3.05, 3.63) is 91.8 Å². The molecular weight excluding hydrogens is 388 g/mol. The Kier molecular flexibility index (Phi) is 4.88. The normalized spacial score (nSPS) is 11.5. The molecule has 148 valence electrons. The van der Waals surface area contributed by atoms with Gasteiger partial charge in [-0.1, -0.05) is 47.5 Å². The van der Waals surface area contributed by atoms with E-state index in [0.717, 1.165) is 5.56 Å². The average molecular weight is 409 g/mol. The number of nitrogens with zero attached hydrogens (tertiary/aromatic N) is 4. The lowest BCUT2D eigenvalue weighted by Crippen LogP contribution is -2.41. The van der Waals surface area contributed by atoms with Gasteiger partial charge in [-0.25, -0.2) is 14.3 Å². The number of imidazole rings is 1. The van der Waals surface area contributed by atoms with Crippen LogP contribution in [0, 0.1) is 6.92 Å². The lowest BCUT2D eigenvalue weighted by molar-refractivity contribution is 0.539. The fraction of sp³-hybridized carbons (Fsp3) is 0.227. The second-order valence-electron chi connectivity index (χ2n) is 7.40. The highest BCUT2D eigenvalue weighted by molar-refractivity contribution is 6.30. The zero-order chi connectivity index (χ0) is 20.7. The van der Waals surface area contributed by atoms with Gasteiger partial charge < -0.3 is 4.57 Å². The molecule has 0 unspecified atom stereocenters. The monoisotopic (exact) mass is 408 g/mol. The van der Waals surface area contributed by atoms with E-state index in [0.29, 0.717) is 28.4 Å². The molecule has 0 saturated carbocycles. The van der Waals surface area contributed by atoms with E-state index in [4.69, 9.17) is 11.6 Å². The van der Waals surface area contributed by atoms with Gasteiger partial charge in [0.05, 0.1) is 12.0 Å². The predicted molar refractivity (Wildman–Crippen MR) is 115 cm³/mol. The van der Waals surface area contributed by atoms with Gasteiger partial charge >= 0.3 is 5.69 Å². The number of hydrogen-bond acceptors (Lipinski definition) is 3. The van der Waals surface area contributed by atoms with Crippen molar-refractivity contribution in [2.45, 2.75) is 33.4 Å². The van der Waals surface area contributed by atoms with Crippen LogP contribution in [-0.2, 0) is 6.54 Å². The summed E-state index contributed by atoms with van der Waals surface area (Å²) in [4.78, 5) is 30.9. The van der Waals surface area contributed by atoms with Crippen LogP contribution < -0.4 is 11.2 Å². The summed E-state index contributed by atoms with van der Waals surface area (Å²) in [6, 6.07) is 14.8. The first-order valence-electron chi connectivity index (χ1n) is 9.40. The van der Waals surface area contributed by atoms with Crippen molar-refractivity contribution in [3.8, 4) is 5.69 Å². The Hall–Kier alpha value is -3.12. The molecule has 0 aliphatic heterocycles. The summed E-state index contributed by atoms with van der Waals surface area (Å²) < 4.78 is 4.51. The molecule has 4 rings (SSSR count). The topological polar surface area (TPSA) is 61.8 Å². The maximum absolute atomic E-state index is 13.2. The van der Waals surface area contributed by atoms with Gasteiger partial charge in [0.2, 0.25) is 0 Å². The van der Waals surface area contributed by atoms with Gasteiger partial charge in [0, 0.05) is 17.6 Å². The zero-order valence-electron chi connectivity index (χ0n) is 16.5. The SMILES string of the molecule is Cc1ccc(Cn2cnc3c2c(=O)n(C(C)C)c(=O)n3-c2cccc(Cl)c2)cc1. The van der Waals surface area contributed by atoms with E-state index in [9.17, 15) is 9.59 Å². The Morgan fingerprint density at radius 3 is 2.45 bits per heavy atom. The Bertz CT molecular complexity index is 1310. The van der Waals surface area contributed by atoms with Gasteiger partial charge in [0.15, 0.2) is 11.2 Å². The molecule has 0 bridgehead atoms. The van der Waals surface area contributed by atoms with E-state index >= 15 is 0 Å². The molecule has 0 N–H and O–H groups in total. The average Bonchev–Trinajstić information content (AvgIpc) is 3.07. The smallest absolute Gasteiger partial charge is 0.320 e. The van der Waals surface area contributed by atoms with Crippen LogP contribution in [0.25, 0.3) is 16.9 Å². The van der Waals surface area contributed by atoms with Crippen molar-refractivity contribution in [1.29, 1.82) is 0 Å². The van der Waals surface area contributed by atoms with Gasteiger partial charge in [-0.15, -0.1) is 0 Å². The molecule has 7 heteroatoms. The lowest BCUT2D eigenvalue weighted by atomic mass is 10.1. The second-order valence-corrected chi connectivity index (χ2v) is 7.83. The number of aromatic nitrogens is 4. The van der Waals surface area contributed by atoms with Crippen LogP contribution in [0.5, 0.6) is 0 Å². The molecule has 0 atom stereocenters. The molecule has 0 fully saturated rings. The minimum absolute atomic E-state index is 0.299. The molecule has 4 aromatic rings. The molecule has 2 aromatic heterocycles. The van der Waals surface area contributed by atoms with Gasteiger partial charge in [0.25, 0.3) is 5.56 Å². The molecule has 2 heterocycles. The van der Waals surface area contributed by atoms with Gasteiger partial charge in [-0.2, -0.15) is 0 Å². The Morgan fingerprint density at radius 2 is 1.79 bits per heavy atom. The molecular formula is C22H21ClN4O2. The molecule has 0 spiro atoms. The van der Waals surface area contributed by atoms with E-state index in [1.165, 1.54) is 14.7 Å². The maximum Gasteiger partial charge on any atom is 0.337 e. The van der Waals surface area contributed by atoms with E-state index in [1.54, 1.807) is 35.2 Å². The minimum Gasteiger partial charge on any atom is -0.320 e. The van der Waals surface area contributed by atoms with E-state index in [-0.39, 0.29) is 11.6 Å². The Labute approximate surface area is 172 Å². The third-order valence-corrected chi connectivity index (χ3v) is 5.14. The summed E-state index contributed by atoms with van der Waals surface area (Å²) >= 11 is 6.15. The van der Waals surface area contributed by atoms with Crippen LogP contribution in [0.2, 0.25) is 5.02 Å². The minimum atomic E-state index is -0.430. The summed E-state index contributed by atoms with van der Waals surface area (Å²) in [6.45, 7) is 6.15. The Morgan fingerprint density at radius 1 is 1.07 bits per heavy atom. The van der Waals surface area contributed by atoms with E-state index in [2.05, 4.69) is 4.98 Å². The largest absolute Gasteiger partial charge is 0.337 e. The van der Waals surface area contributed by atoms with Crippen LogP contribution in [0.4, 0.5) is 0 Å². The van der Waals surface area contributed by atoms with Gasteiger partial charge in [-0.3, -0.25) is 9.36 Å². The van der Waals surface area contributed by atoms with Crippen LogP contribution in [0.3, 0.4) is 0 Å². The van der Waals surface area contributed by atoms with Gasteiger partial charge in [-0.05, 0) is 44.5 Å². The first-order chi connectivity index (χ1) is 13.9. The van der Waals surface area contributed by atoms with E-state index < -0.39 is 5.69 Å². The van der Waals surface area contributed by atoms with E-state index in [1.807, 2.05) is 45.0 Å². The number of aryl methyl sites for hydroxylation is 1. The summed E-state index contributed by atoms with van der Waals surface area (Å²) in [5, 5.41) is 0.504. The summed E-state index contributed by atoms with van der Waals surface area (Å²) in [7, 11) is 0. The molecule has 0 radical (unpaired) electrons. The maximum atomic E-state index is 13.2. The van der Waals surface area contributed by atoms with Crippen LogP contribution in [0.15, 0.2) is 64.4 Å². The molecule has 0 aliphatic rings. The molecule has 0 saturated heterocycles. The summed E-state index contributed by atoms with van der Waals surface area (Å²) in [5.74, 6) is 0. The predicted octanol–water partition coefficient (Wildman–Crippen LogP) is 3.94. The number of halogens is 1. The van der Waals surface area contributed by atoms with Gasteiger partial charge in [0.1, 0.15) is 0 Å². The van der Waals surface area contributed by atoms with Crippen molar-refractivity contribution in [3.63, 3.8) is 0 Å². The standard InChI is InChI=1S/C22H21ClN4O2/c1-14(2)26-21(28)19-20(27(22(26)29)18-6-4-5-17(23)11-18)24-13-25(19)12-16-9-7-15(3)8-10-16/h4-11,13-14H,12H2,1-3H3. The van der Waals surface area contributed by atoms with Crippen molar-refractivity contribution < 1.29 is 0 Å². The van der Waals surface area contributed by atoms with Crippen molar-refractivity contribution >= 4 is 22.8 Å². The fourth-order valence-corrected chi connectivity index (χ4v) is 3.65. The number of benzene rings is 2. The third kappa shape index (κ3) is 3.40. The summed E-state index contributed by atoms with van der Waals surface area (Å²) in [6.07, 6.45) is 1.61. The van der Waals surface area contributed by atoms with Crippen molar-refractivity contribution in [1.82, 2.24) is 18.7 Å². The fourth-order valence-electron chi connectivity index (χ4n) is 3.47. The first-order valence-corrected chi connectivity index (χ1v) is 9.78. The number of fused-ring (bicyclic) bond motifs is 1. The summed E-state index contributed by atoms with van der Waals surface area (Å²) in [5.41, 5.74) is 2.72. The highest BCUT2D eigenvalue weighted by atomic mass is 35.5. The Balaban J connectivity index is 2.01. The zero-order valence-corrected chi connectivity index (χ0v) is 17.2. The molecule has 0 amide bonds. The van der Waals surface area contributed by atoms with Crippen molar-refractivity contribution in [2.75, 3.05) is 0 Å². The number of rotatable bonds is 4. The third-order valence-electron chi connectivity index (χ3n) is 4.91. The molecule has 0 aliphatic carbocycles. The van der Waals surface area contributed by atoms with Crippen molar-refractivity contribution in [2.24, 2.45) is 0 Å². The number of hydrogen-bond donors (Lipinski definition) is 0. The molecule has 6 nitrogen and oxygen atoms in total. The quantitative estimate of drug-likeness (QED) is 0.513. The van der Waals surface area contributed by atoms with Crippen LogP contribution in [0.1, 0.15) is 31.0 Å². The first kappa shape index (κ1) is 19.2. The molecule has 29 heavy (non-hydrogen) atoms. The highest BCUT2D eigenvalue weighted by Gasteiger charge is 2.20. The van der Waals surface area contributed by atoms with Crippen LogP contribution >= 0.6 is 11.6 Å². The van der Waals surface area contributed by atoms with Crippen LogP contribution in [-0.4, -0.2) is 18.7 Å². The highest BCUT2D eigenvalue weighted by Crippen LogP contribution is 2.18. The second kappa shape index (κ2) is 7.37. The lowest BCUT2D eigenvalue weighted by Gasteiger charge is -2.15. The molecule has 2 aromatic carbocycles.